The van der Waals surface area contributed by atoms with E-state index in [1.165, 1.54) is 17.0 Å². The molecule has 1 aliphatic rings. The first-order valence-corrected chi connectivity index (χ1v) is 14.1. The first kappa shape index (κ1) is 32.8. The van der Waals surface area contributed by atoms with Crippen LogP contribution in [0.4, 0.5) is 20.2 Å². The number of hydrogen-bond donors (Lipinski definition) is 3. The third-order valence-corrected chi connectivity index (χ3v) is 7.57. The minimum atomic E-state index is -4.48. The van der Waals surface area contributed by atoms with Crippen LogP contribution in [0, 0.1) is 19.3 Å². The number of ether oxygens (including phenoxy) is 2. The summed E-state index contributed by atoms with van der Waals surface area (Å²) < 4.78 is 37.9. The number of rotatable bonds is 10. The predicted molar refractivity (Wildman–Crippen MR) is 160 cm³/mol. The number of aliphatic hydroxyl groups is 1. The van der Waals surface area contributed by atoms with Crippen molar-refractivity contribution < 1.29 is 42.9 Å². The van der Waals surface area contributed by atoms with Crippen LogP contribution >= 0.6 is 11.6 Å². The van der Waals surface area contributed by atoms with Gasteiger partial charge in [0.15, 0.2) is 0 Å². The third-order valence-electron chi connectivity index (χ3n) is 7.33. The molecule has 3 N–H and O–H groups in total. The zero-order chi connectivity index (χ0) is 32.4. The summed E-state index contributed by atoms with van der Waals surface area (Å²) in [7, 11) is 0. The molecule has 2 amide bonds. The zero-order valence-electron chi connectivity index (χ0n) is 24.6. The van der Waals surface area contributed by atoms with Crippen molar-refractivity contribution in [3.05, 3.63) is 87.9 Å². The number of benzene rings is 3. The molecule has 0 unspecified atom stereocenters. The summed E-state index contributed by atoms with van der Waals surface area (Å²) in [6, 6.07) is 15.6. The number of amides is 2. The van der Waals surface area contributed by atoms with Crippen molar-refractivity contribution >= 4 is 40.8 Å². The molecule has 0 saturated carbocycles. The Bertz CT molecular complexity index is 1580. The first-order valence-electron chi connectivity index (χ1n) is 13.8. The fourth-order valence-electron chi connectivity index (χ4n) is 4.85. The molecule has 0 aliphatic carbocycles. The highest BCUT2D eigenvalue weighted by Gasteiger charge is 2.43. The molecule has 3 aromatic rings. The highest BCUT2D eigenvalue weighted by molar-refractivity contribution is 6.30. The highest BCUT2D eigenvalue weighted by atomic mass is 35.5. The van der Waals surface area contributed by atoms with Crippen molar-refractivity contribution in [2.45, 2.75) is 52.4 Å². The summed E-state index contributed by atoms with van der Waals surface area (Å²) in [5, 5.41) is 21.6. The second kappa shape index (κ2) is 12.9. The van der Waals surface area contributed by atoms with E-state index in [2.05, 4.69) is 10.1 Å². The van der Waals surface area contributed by atoms with Crippen molar-refractivity contribution in [3.63, 3.8) is 0 Å². The molecule has 234 valence electrons. The molecule has 4 rings (SSSR count). The fraction of sp³-hybridized carbons (Fsp3) is 0.344. The largest absolute Gasteiger partial charge is 0.501 e. The summed E-state index contributed by atoms with van der Waals surface area (Å²) >= 11 is 6.43. The monoisotopic (exact) mass is 630 g/mol. The number of halogens is 3. The van der Waals surface area contributed by atoms with Crippen LogP contribution in [0.5, 0.6) is 5.75 Å². The van der Waals surface area contributed by atoms with Crippen molar-refractivity contribution in [1.29, 1.82) is 0 Å². The first-order chi connectivity index (χ1) is 20.6. The molecule has 0 saturated heterocycles. The van der Waals surface area contributed by atoms with Gasteiger partial charge >= 0.3 is 12.1 Å². The number of carboxylic acid groups (broad SMARTS) is 1. The van der Waals surface area contributed by atoms with Crippen LogP contribution < -0.4 is 15.0 Å². The predicted octanol–water partition coefficient (Wildman–Crippen LogP) is 5.88. The van der Waals surface area contributed by atoms with E-state index in [9.17, 15) is 28.3 Å². The van der Waals surface area contributed by atoms with E-state index < -0.39 is 53.7 Å². The molecule has 1 heterocycles. The lowest BCUT2D eigenvalue weighted by Gasteiger charge is -2.32. The summed E-state index contributed by atoms with van der Waals surface area (Å²) in [5.41, 5.74) is 3.16. The van der Waals surface area contributed by atoms with E-state index in [1.54, 1.807) is 32.0 Å². The molecule has 0 bridgehead atoms. The minimum absolute atomic E-state index is 0.0363. The number of nitrogens with one attached hydrogen (secondary N) is 1. The van der Waals surface area contributed by atoms with Gasteiger partial charge in [0.1, 0.15) is 18.0 Å². The molecule has 1 aliphatic heterocycles. The highest BCUT2D eigenvalue weighted by Crippen LogP contribution is 2.42. The summed E-state index contributed by atoms with van der Waals surface area (Å²) in [5.74, 6) is -4.14. The smallest absolute Gasteiger partial charge is 0.474 e. The van der Waals surface area contributed by atoms with Crippen molar-refractivity contribution in [2.75, 3.05) is 23.4 Å². The number of aryl methyl sites for hydroxylation is 1. The van der Waals surface area contributed by atoms with Crippen LogP contribution in [0.25, 0.3) is 0 Å². The SMILES string of the molecule is Cc1cccc([C@H]2O[C@H](CC(=O)Nc3cccc(OC(F)(F)C(=O)O)c3)C(=O)N(CC(C)(C)CO)c3ccc(Cl)cc32)c1C. The normalized spacial score (nSPS) is 17.1. The Labute approximate surface area is 258 Å². The van der Waals surface area contributed by atoms with Crippen LogP contribution in [-0.2, 0) is 19.1 Å². The van der Waals surface area contributed by atoms with E-state index >= 15 is 0 Å². The Morgan fingerprint density at radius 2 is 1.77 bits per heavy atom. The van der Waals surface area contributed by atoms with Crippen LogP contribution in [0.1, 0.15) is 48.6 Å². The van der Waals surface area contributed by atoms with Crippen LogP contribution in [0.3, 0.4) is 0 Å². The lowest BCUT2D eigenvalue weighted by Crippen LogP contribution is -2.46. The fourth-order valence-corrected chi connectivity index (χ4v) is 5.03. The van der Waals surface area contributed by atoms with E-state index in [-0.39, 0.29) is 18.8 Å². The Hall–Kier alpha value is -4.06. The van der Waals surface area contributed by atoms with Gasteiger partial charge in [0, 0.05) is 46.6 Å². The summed E-state index contributed by atoms with van der Waals surface area (Å²) in [6.45, 7) is 7.37. The summed E-state index contributed by atoms with van der Waals surface area (Å²) in [4.78, 5) is 39.6. The van der Waals surface area contributed by atoms with Gasteiger partial charge in [-0.2, -0.15) is 8.78 Å². The van der Waals surface area contributed by atoms with E-state index in [4.69, 9.17) is 21.4 Å². The third kappa shape index (κ3) is 7.35. The molecule has 2 atom stereocenters. The number of aliphatic hydroxyl groups excluding tert-OH is 1. The van der Waals surface area contributed by atoms with Crippen molar-refractivity contribution in [2.24, 2.45) is 5.41 Å². The maximum absolute atomic E-state index is 14.1. The van der Waals surface area contributed by atoms with Crippen molar-refractivity contribution in [3.8, 4) is 5.75 Å². The number of carbonyl (C=O) groups is 3. The Morgan fingerprint density at radius 3 is 2.45 bits per heavy atom. The standard InChI is InChI=1S/C32H33ClF2N2O7/c1-18-7-5-10-23(19(18)2)28-24-13-20(33)11-12-25(24)37(16-31(3,4)17-38)29(40)26(43-28)15-27(39)36-21-8-6-9-22(14-21)44-32(34,35)30(41)42/h5-14,26,28,38H,15-17H2,1-4H3,(H,36,39)(H,41,42)/t26-,28-/m1/s1. The molecule has 3 aromatic carbocycles. The van der Waals surface area contributed by atoms with Gasteiger partial charge in [-0.25, -0.2) is 4.79 Å². The maximum atomic E-state index is 14.1. The number of aliphatic carboxylic acids is 1. The van der Waals surface area contributed by atoms with Gasteiger partial charge in [0.2, 0.25) is 5.91 Å². The van der Waals surface area contributed by atoms with E-state index in [0.717, 1.165) is 28.8 Å². The van der Waals surface area contributed by atoms with E-state index in [0.29, 0.717) is 16.3 Å². The lowest BCUT2D eigenvalue weighted by atomic mass is 9.91. The van der Waals surface area contributed by atoms with Crippen LogP contribution in [0.15, 0.2) is 60.7 Å². The molecule has 0 aromatic heterocycles. The van der Waals surface area contributed by atoms with Gasteiger partial charge in [0.05, 0.1) is 6.42 Å². The Balaban J connectivity index is 1.71. The lowest BCUT2D eigenvalue weighted by molar-refractivity contribution is -0.210. The average molecular weight is 631 g/mol. The number of fused-ring (bicyclic) bond motifs is 1. The van der Waals surface area contributed by atoms with Gasteiger partial charge < -0.3 is 29.9 Å². The molecular weight excluding hydrogens is 598 g/mol. The second-order valence-electron chi connectivity index (χ2n) is 11.4. The molecule has 9 nitrogen and oxygen atoms in total. The molecule has 44 heavy (non-hydrogen) atoms. The maximum Gasteiger partial charge on any atom is 0.501 e. The van der Waals surface area contributed by atoms with Gasteiger partial charge in [0.25, 0.3) is 5.91 Å². The van der Waals surface area contributed by atoms with Gasteiger partial charge in [-0.1, -0.05) is 49.7 Å². The molecule has 0 spiro atoms. The number of carboxylic acids is 1. The zero-order valence-corrected chi connectivity index (χ0v) is 25.3. The molecular formula is C32H33ClF2N2O7. The molecule has 12 heteroatoms. The average Bonchev–Trinajstić information content (AvgIpc) is 3.04. The number of carbonyl (C=O) groups excluding carboxylic acids is 2. The Morgan fingerprint density at radius 1 is 1.07 bits per heavy atom. The molecule has 0 fully saturated rings. The topological polar surface area (TPSA) is 125 Å². The van der Waals surface area contributed by atoms with E-state index in [1.807, 2.05) is 32.0 Å². The number of nitrogens with zero attached hydrogens (tertiary/aromatic N) is 1. The Kier molecular flexibility index (Phi) is 9.62. The minimum Gasteiger partial charge on any atom is -0.474 e. The van der Waals surface area contributed by atoms with Gasteiger partial charge in [-0.15, -0.1) is 0 Å². The quantitative estimate of drug-likeness (QED) is 0.255. The number of anilines is 2. The van der Waals surface area contributed by atoms with Gasteiger partial charge in [-0.05, 0) is 60.9 Å². The number of hydrogen-bond acceptors (Lipinski definition) is 6. The van der Waals surface area contributed by atoms with Gasteiger partial charge in [-0.3, -0.25) is 9.59 Å². The van der Waals surface area contributed by atoms with Crippen molar-refractivity contribution in [1.82, 2.24) is 0 Å². The summed E-state index contributed by atoms with van der Waals surface area (Å²) in [6.07, 6.45) is -7.01. The van der Waals surface area contributed by atoms with Crippen LogP contribution in [-0.4, -0.2) is 53.4 Å². The second-order valence-corrected chi connectivity index (χ2v) is 11.9. The van der Waals surface area contributed by atoms with Crippen LogP contribution in [0.2, 0.25) is 5.02 Å². The number of alkyl halides is 2. The molecule has 0 radical (unpaired) electrons.